The molecule has 0 aliphatic carbocycles. The topological polar surface area (TPSA) is 66.7 Å². The number of aryl methyl sites for hydroxylation is 2. The van der Waals surface area contributed by atoms with Crippen molar-refractivity contribution in [2.45, 2.75) is 45.7 Å². The first-order valence-corrected chi connectivity index (χ1v) is 11.1. The zero-order valence-electron chi connectivity index (χ0n) is 18.6. The Morgan fingerprint density at radius 3 is 2.73 bits per heavy atom. The van der Waals surface area contributed by atoms with E-state index in [2.05, 4.69) is 52.8 Å². The van der Waals surface area contributed by atoms with Gasteiger partial charge in [-0.15, -0.1) is 0 Å². The second-order valence-electron chi connectivity index (χ2n) is 7.78. The Bertz CT molecular complexity index is 796. The molecule has 7 heteroatoms. The summed E-state index contributed by atoms with van der Waals surface area (Å²) >= 11 is 0. The van der Waals surface area contributed by atoms with Crippen LogP contribution in [0.2, 0.25) is 0 Å². The van der Waals surface area contributed by atoms with Crippen molar-refractivity contribution >= 4 is 5.96 Å². The maximum absolute atomic E-state index is 5.65. The first kappa shape index (κ1) is 22.2. The van der Waals surface area contributed by atoms with Gasteiger partial charge in [0.1, 0.15) is 5.75 Å². The van der Waals surface area contributed by atoms with E-state index in [1.165, 1.54) is 24.0 Å². The molecule has 164 valence electrons. The number of aliphatic imine (C=N–C) groups is 1. The number of guanidine groups is 1. The molecule has 30 heavy (non-hydrogen) atoms. The minimum atomic E-state index is 0.228. The third kappa shape index (κ3) is 6.23. The van der Waals surface area contributed by atoms with Crippen LogP contribution in [0.4, 0.5) is 0 Å². The molecule has 0 saturated carbocycles. The van der Waals surface area contributed by atoms with Gasteiger partial charge in [0.05, 0.1) is 25.9 Å². The second-order valence-corrected chi connectivity index (χ2v) is 7.78. The molecule has 0 radical (unpaired) electrons. The highest BCUT2D eigenvalue weighted by Crippen LogP contribution is 2.31. The zero-order valence-corrected chi connectivity index (χ0v) is 18.6. The number of hydrogen-bond acceptors (Lipinski definition) is 4. The lowest BCUT2D eigenvalue weighted by atomic mass is 10.0. The van der Waals surface area contributed by atoms with Crippen LogP contribution in [-0.4, -0.2) is 60.5 Å². The number of benzene rings is 1. The Morgan fingerprint density at radius 1 is 1.23 bits per heavy atom. The van der Waals surface area contributed by atoms with Gasteiger partial charge in [0, 0.05) is 31.4 Å². The number of likely N-dealkylation sites (tertiary alicyclic amines) is 1. The third-order valence-corrected chi connectivity index (χ3v) is 5.46. The van der Waals surface area contributed by atoms with Gasteiger partial charge in [-0.05, 0) is 57.8 Å². The molecule has 2 aromatic rings. The van der Waals surface area contributed by atoms with E-state index in [9.17, 15) is 0 Å². The Morgan fingerprint density at radius 2 is 2.03 bits per heavy atom. The van der Waals surface area contributed by atoms with E-state index in [4.69, 9.17) is 9.73 Å². The van der Waals surface area contributed by atoms with Crippen molar-refractivity contribution < 1.29 is 4.74 Å². The van der Waals surface area contributed by atoms with Gasteiger partial charge < -0.3 is 15.4 Å². The first-order valence-electron chi connectivity index (χ1n) is 11.1. The number of nitrogens with one attached hydrogen (secondary N) is 2. The largest absolute Gasteiger partial charge is 0.496 e. The Labute approximate surface area is 180 Å². The van der Waals surface area contributed by atoms with Gasteiger partial charge >= 0.3 is 0 Å². The van der Waals surface area contributed by atoms with Gasteiger partial charge in [0.2, 0.25) is 0 Å². The summed E-state index contributed by atoms with van der Waals surface area (Å²) in [6.45, 7) is 9.70. The fourth-order valence-corrected chi connectivity index (χ4v) is 3.96. The maximum Gasteiger partial charge on any atom is 0.191 e. The Balaban J connectivity index is 1.63. The molecule has 0 bridgehead atoms. The molecule has 1 unspecified atom stereocenters. The quantitative estimate of drug-likeness (QED) is 0.357. The van der Waals surface area contributed by atoms with Crippen LogP contribution in [-0.2, 0) is 6.54 Å². The number of aromatic nitrogens is 2. The van der Waals surface area contributed by atoms with Gasteiger partial charge in [-0.25, -0.2) is 0 Å². The van der Waals surface area contributed by atoms with Gasteiger partial charge in [-0.1, -0.05) is 18.2 Å². The molecule has 3 rings (SSSR count). The summed E-state index contributed by atoms with van der Waals surface area (Å²) in [5, 5.41) is 11.2. The number of methoxy groups -OCH3 is 1. The average molecular weight is 413 g/mol. The van der Waals surface area contributed by atoms with E-state index in [1.54, 1.807) is 7.11 Å². The summed E-state index contributed by atoms with van der Waals surface area (Å²) < 4.78 is 7.64. The highest BCUT2D eigenvalue weighted by atomic mass is 16.5. The van der Waals surface area contributed by atoms with Gasteiger partial charge in [0.25, 0.3) is 0 Å². The van der Waals surface area contributed by atoms with Gasteiger partial charge in [-0.3, -0.25) is 14.6 Å². The van der Waals surface area contributed by atoms with E-state index in [0.29, 0.717) is 6.54 Å². The fourth-order valence-electron chi connectivity index (χ4n) is 3.96. The number of ether oxygens (including phenoxy) is 1. The molecule has 0 amide bonds. The highest BCUT2D eigenvalue weighted by molar-refractivity contribution is 5.79. The summed E-state index contributed by atoms with van der Waals surface area (Å²) in [4.78, 5) is 7.47. The molecule has 2 heterocycles. The average Bonchev–Trinajstić information content (AvgIpc) is 3.43. The van der Waals surface area contributed by atoms with Crippen molar-refractivity contribution in [1.29, 1.82) is 0 Å². The Kier molecular flexibility index (Phi) is 8.56. The first-order chi connectivity index (χ1) is 14.7. The highest BCUT2D eigenvalue weighted by Gasteiger charge is 2.25. The molecule has 1 saturated heterocycles. The SMILES string of the molecule is CCNC(=NCC(c1ccccc1OC)N1CCCC1)NCCCn1cc(C)cn1. The van der Waals surface area contributed by atoms with E-state index >= 15 is 0 Å². The lowest BCUT2D eigenvalue weighted by molar-refractivity contribution is 0.245. The van der Waals surface area contributed by atoms with Crippen LogP contribution >= 0.6 is 0 Å². The molecule has 1 aliphatic heterocycles. The number of rotatable bonds is 10. The van der Waals surface area contributed by atoms with Crippen LogP contribution in [0.15, 0.2) is 41.7 Å². The summed E-state index contributed by atoms with van der Waals surface area (Å²) in [6, 6.07) is 8.56. The van der Waals surface area contributed by atoms with Crippen LogP contribution in [0.1, 0.15) is 43.4 Å². The standard InChI is InChI=1S/C23H36N6O/c1-4-24-23(25-12-9-15-29-18-19(2)16-27-29)26-17-21(28-13-7-8-14-28)20-10-5-6-11-22(20)30-3/h5-6,10-11,16,18,21H,4,7-9,12-15,17H2,1-3H3,(H2,24,25,26). The fraction of sp³-hybridized carbons (Fsp3) is 0.565. The van der Waals surface area contributed by atoms with Crippen LogP contribution in [0.25, 0.3) is 0 Å². The molecule has 2 N–H and O–H groups in total. The van der Waals surface area contributed by atoms with Crippen molar-refractivity contribution in [2.75, 3.05) is 39.8 Å². The summed E-state index contributed by atoms with van der Waals surface area (Å²) in [6.07, 6.45) is 7.47. The van der Waals surface area contributed by atoms with Crippen LogP contribution < -0.4 is 15.4 Å². The molecule has 1 aromatic heterocycles. The lowest BCUT2D eigenvalue weighted by Crippen LogP contribution is -2.39. The molecular weight excluding hydrogens is 376 g/mol. The summed E-state index contributed by atoms with van der Waals surface area (Å²) in [5.41, 5.74) is 2.41. The molecule has 7 nitrogen and oxygen atoms in total. The van der Waals surface area contributed by atoms with Crippen molar-refractivity contribution in [3.8, 4) is 5.75 Å². The third-order valence-electron chi connectivity index (χ3n) is 5.46. The van der Waals surface area contributed by atoms with Gasteiger partial charge in [0.15, 0.2) is 5.96 Å². The molecule has 1 atom stereocenters. The molecular formula is C23H36N6O. The van der Waals surface area contributed by atoms with E-state index in [1.807, 2.05) is 23.0 Å². The normalized spacial score (nSPS) is 15.9. The smallest absolute Gasteiger partial charge is 0.191 e. The molecule has 1 aromatic carbocycles. The van der Waals surface area contributed by atoms with E-state index in [-0.39, 0.29) is 6.04 Å². The minimum Gasteiger partial charge on any atom is -0.496 e. The molecule has 0 spiro atoms. The van der Waals surface area contributed by atoms with Crippen molar-refractivity contribution in [3.05, 3.63) is 47.8 Å². The van der Waals surface area contributed by atoms with Crippen molar-refractivity contribution in [3.63, 3.8) is 0 Å². The predicted octanol–water partition coefficient (Wildman–Crippen LogP) is 2.98. The van der Waals surface area contributed by atoms with Crippen molar-refractivity contribution in [2.24, 2.45) is 4.99 Å². The lowest BCUT2D eigenvalue weighted by Gasteiger charge is -2.28. The van der Waals surface area contributed by atoms with Crippen molar-refractivity contribution in [1.82, 2.24) is 25.3 Å². The van der Waals surface area contributed by atoms with Gasteiger partial charge in [-0.2, -0.15) is 5.10 Å². The number of para-hydroxylation sites is 1. The molecule has 1 fully saturated rings. The van der Waals surface area contributed by atoms with E-state index in [0.717, 1.165) is 50.9 Å². The van der Waals surface area contributed by atoms with Crippen LogP contribution in [0, 0.1) is 6.92 Å². The summed E-state index contributed by atoms with van der Waals surface area (Å²) in [7, 11) is 1.75. The number of nitrogens with zero attached hydrogens (tertiary/aromatic N) is 4. The second kappa shape index (κ2) is 11.6. The molecule has 1 aliphatic rings. The summed E-state index contributed by atoms with van der Waals surface area (Å²) in [5.74, 6) is 1.81. The monoisotopic (exact) mass is 412 g/mol. The maximum atomic E-state index is 5.65. The zero-order chi connectivity index (χ0) is 21.2. The predicted molar refractivity (Wildman–Crippen MR) is 122 cm³/mol. The minimum absolute atomic E-state index is 0.228. The van der Waals surface area contributed by atoms with E-state index < -0.39 is 0 Å². The Hall–Kier alpha value is -2.54. The van der Waals surface area contributed by atoms with Crippen LogP contribution in [0.3, 0.4) is 0 Å². The van der Waals surface area contributed by atoms with Crippen LogP contribution in [0.5, 0.6) is 5.75 Å². The number of hydrogen-bond donors (Lipinski definition) is 2.